The maximum atomic E-state index is 12.0. The number of amides is 1. The number of halogens is 2. The molecule has 1 aromatic heterocycles. The second-order valence-electron chi connectivity index (χ2n) is 4.33. The quantitative estimate of drug-likeness (QED) is 0.589. The van der Waals surface area contributed by atoms with Gasteiger partial charge in [-0.1, -0.05) is 11.6 Å². The summed E-state index contributed by atoms with van der Waals surface area (Å²) in [6.45, 7) is 1.54. The van der Waals surface area contributed by atoms with Gasteiger partial charge in [-0.3, -0.25) is 14.2 Å². The average molecular weight is 419 g/mol. The number of nitrogen functional groups attached to an aromatic ring is 1. The molecule has 0 spiro atoms. The number of aryl methyl sites for hydroxylation is 1. The van der Waals surface area contributed by atoms with Crippen molar-refractivity contribution in [2.24, 2.45) is 0 Å². The van der Waals surface area contributed by atoms with Crippen LogP contribution in [0, 0.1) is 10.5 Å². The van der Waals surface area contributed by atoms with Gasteiger partial charge in [0.05, 0.1) is 14.3 Å². The van der Waals surface area contributed by atoms with Crippen molar-refractivity contribution in [1.29, 1.82) is 0 Å². The number of nitrogens with two attached hydrogens (primary N) is 1. The van der Waals surface area contributed by atoms with Gasteiger partial charge in [-0.05, 0) is 47.7 Å². The number of nitrogens with zero attached hydrogens (tertiary/aromatic N) is 2. The molecule has 3 N–H and O–H groups in total. The number of benzene rings is 1. The third-order valence-corrected chi connectivity index (χ3v) is 3.83. The predicted molar refractivity (Wildman–Crippen MR) is 90.4 cm³/mol. The van der Waals surface area contributed by atoms with E-state index in [1.165, 1.54) is 10.8 Å². The summed E-state index contributed by atoms with van der Waals surface area (Å²) in [7, 11) is 0. The first-order chi connectivity index (χ1) is 9.88. The number of carbonyl (C=O) groups excluding carboxylic acids is 1. The zero-order chi connectivity index (χ0) is 15.6. The van der Waals surface area contributed by atoms with Crippen LogP contribution in [-0.4, -0.2) is 15.5 Å². The van der Waals surface area contributed by atoms with E-state index in [-0.39, 0.29) is 18.0 Å². The largest absolute Gasteiger partial charge is 0.399 e. The molecular formula is C13H12ClIN4O2. The van der Waals surface area contributed by atoms with Gasteiger partial charge in [-0.25, -0.2) is 4.98 Å². The SMILES string of the molecule is Cc1ncc(I)c(=O)n1CC(=O)Nc1ccc(N)cc1Cl. The number of carbonyl (C=O) groups is 1. The summed E-state index contributed by atoms with van der Waals surface area (Å²) in [4.78, 5) is 28.1. The lowest BCUT2D eigenvalue weighted by molar-refractivity contribution is -0.116. The fourth-order valence-corrected chi connectivity index (χ4v) is 2.37. The monoisotopic (exact) mass is 418 g/mol. The molecule has 0 radical (unpaired) electrons. The van der Waals surface area contributed by atoms with Crippen molar-refractivity contribution in [2.75, 3.05) is 11.1 Å². The van der Waals surface area contributed by atoms with Crippen LogP contribution in [0.3, 0.4) is 0 Å². The van der Waals surface area contributed by atoms with Gasteiger partial charge in [0.15, 0.2) is 0 Å². The summed E-state index contributed by atoms with van der Waals surface area (Å²) in [5.41, 5.74) is 6.29. The highest BCUT2D eigenvalue weighted by atomic mass is 127. The van der Waals surface area contributed by atoms with Crippen molar-refractivity contribution in [3.63, 3.8) is 0 Å². The Bertz CT molecular complexity index is 760. The van der Waals surface area contributed by atoms with E-state index < -0.39 is 0 Å². The van der Waals surface area contributed by atoms with Crippen LogP contribution in [0.4, 0.5) is 11.4 Å². The van der Waals surface area contributed by atoms with Crippen LogP contribution in [0.2, 0.25) is 5.02 Å². The van der Waals surface area contributed by atoms with E-state index in [0.717, 1.165) is 0 Å². The third kappa shape index (κ3) is 3.73. The Kier molecular flexibility index (Phi) is 4.84. The zero-order valence-electron chi connectivity index (χ0n) is 11.1. The fraction of sp³-hybridized carbons (Fsp3) is 0.154. The van der Waals surface area contributed by atoms with Gasteiger partial charge >= 0.3 is 0 Å². The molecule has 0 aliphatic carbocycles. The van der Waals surface area contributed by atoms with E-state index in [9.17, 15) is 9.59 Å². The maximum Gasteiger partial charge on any atom is 0.267 e. The van der Waals surface area contributed by atoms with Gasteiger partial charge in [0.25, 0.3) is 5.56 Å². The van der Waals surface area contributed by atoms with Crippen LogP contribution in [-0.2, 0) is 11.3 Å². The highest BCUT2D eigenvalue weighted by molar-refractivity contribution is 14.1. The Morgan fingerprint density at radius 2 is 2.24 bits per heavy atom. The summed E-state index contributed by atoms with van der Waals surface area (Å²) in [5, 5.41) is 2.98. The summed E-state index contributed by atoms with van der Waals surface area (Å²) in [6.07, 6.45) is 1.48. The molecule has 1 heterocycles. The molecule has 2 aromatic rings. The molecule has 0 aliphatic heterocycles. The van der Waals surface area contributed by atoms with Crippen molar-refractivity contribution in [1.82, 2.24) is 9.55 Å². The predicted octanol–water partition coefficient (Wildman–Crippen LogP) is 2.03. The number of hydrogen-bond acceptors (Lipinski definition) is 4. The maximum absolute atomic E-state index is 12.0. The van der Waals surface area contributed by atoms with Crippen molar-refractivity contribution < 1.29 is 4.79 Å². The summed E-state index contributed by atoms with van der Waals surface area (Å²) in [6, 6.07) is 4.78. The Balaban J connectivity index is 2.20. The van der Waals surface area contributed by atoms with Gasteiger partial charge in [0.2, 0.25) is 5.91 Å². The molecule has 0 bridgehead atoms. The zero-order valence-corrected chi connectivity index (χ0v) is 14.0. The number of rotatable bonds is 3. The Labute approximate surface area is 139 Å². The van der Waals surface area contributed by atoms with Crippen LogP contribution < -0.4 is 16.6 Å². The van der Waals surface area contributed by atoms with Crippen molar-refractivity contribution in [2.45, 2.75) is 13.5 Å². The Hall–Kier alpha value is -1.61. The lowest BCUT2D eigenvalue weighted by atomic mass is 10.3. The molecule has 0 atom stereocenters. The summed E-state index contributed by atoms with van der Waals surface area (Å²) in [5.74, 6) is 0.106. The summed E-state index contributed by atoms with van der Waals surface area (Å²) >= 11 is 7.87. The van der Waals surface area contributed by atoms with Crippen LogP contribution in [0.1, 0.15) is 5.82 Å². The molecule has 110 valence electrons. The second kappa shape index (κ2) is 6.44. The first-order valence-corrected chi connectivity index (χ1v) is 7.41. The van der Waals surface area contributed by atoms with Gasteiger partial charge < -0.3 is 11.1 Å². The van der Waals surface area contributed by atoms with Crippen molar-refractivity contribution in [3.05, 3.63) is 49.2 Å². The smallest absolute Gasteiger partial charge is 0.267 e. The average Bonchev–Trinajstić information content (AvgIpc) is 2.42. The van der Waals surface area contributed by atoms with Crippen LogP contribution in [0.25, 0.3) is 0 Å². The molecule has 0 aliphatic rings. The Morgan fingerprint density at radius 3 is 2.90 bits per heavy atom. The molecule has 0 saturated heterocycles. The van der Waals surface area contributed by atoms with E-state index in [4.69, 9.17) is 17.3 Å². The first kappa shape index (κ1) is 15.8. The Morgan fingerprint density at radius 1 is 1.52 bits per heavy atom. The number of hydrogen-bond donors (Lipinski definition) is 2. The minimum Gasteiger partial charge on any atom is -0.399 e. The van der Waals surface area contributed by atoms with Crippen LogP contribution in [0.5, 0.6) is 0 Å². The molecule has 1 amide bonds. The van der Waals surface area contributed by atoms with Crippen LogP contribution >= 0.6 is 34.2 Å². The first-order valence-electron chi connectivity index (χ1n) is 5.95. The highest BCUT2D eigenvalue weighted by Gasteiger charge is 2.11. The van der Waals surface area contributed by atoms with E-state index in [2.05, 4.69) is 10.3 Å². The van der Waals surface area contributed by atoms with Gasteiger partial charge in [-0.15, -0.1) is 0 Å². The molecule has 0 fully saturated rings. The minimum absolute atomic E-state index is 0.130. The number of nitrogens with one attached hydrogen (secondary N) is 1. The lowest BCUT2D eigenvalue weighted by Gasteiger charge is -2.11. The van der Waals surface area contributed by atoms with Gasteiger partial charge in [0, 0.05) is 11.9 Å². The highest BCUT2D eigenvalue weighted by Crippen LogP contribution is 2.23. The standard InChI is InChI=1S/C13H12ClIN4O2/c1-7-17-5-10(15)13(21)19(7)6-12(20)18-11-3-2-8(16)4-9(11)14/h2-5H,6,16H2,1H3,(H,18,20). The molecule has 2 rings (SSSR count). The molecule has 1 aromatic carbocycles. The summed E-state index contributed by atoms with van der Waals surface area (Å²) < 4.78 is 1.76. The molecule has 0 unspecified atom stereocenters. The third-order valence-electron chi connectivity index (χ3n) is 2.77. The molecule has 21 heavy (non-hydrogen) atoms. The van der Waals surface area contributed by atoms with E-state index in [1.807, 2.05) is 22.6 Å². The fourth-order valence-electron chi connectivity index (χ4n) is 1.70. The molecule has 6 nitrogen and oxygen atoms in total. The number of aromatic nitrogens is 2. The minimum atomic E-state index is -0.365. The second-order valence-corrected chi connectivity index (χ2v) is 5.90. The van der Waals surface area contributed by atoms with Crippen molar-refractivity contribution >= 4 is 51.5 Å². The van der Waals surface area contributed by atoms with E-state index in [1.54, 1.807) is 25.1 Å². The normalized spacial score (nSPS) is 10.4. The van der Waals surface area contributed by atoms with Gasteiger partial charge in [-0.2, -0.15) is 0 Å². The number of anilines is 2. The van der Waals surface area contributed by atoms with Crippen LogP contribution in [0.15, 0.2) is 29.2 Å². The molecule has 0 saturated carbocycles. The lowest BCUT2D eigenvalue weighted by Crippen LogP contribution is -2.31. The van der Waals surface area contributed by atoms with E-state index in [0.29, 0.717) is 25.8 Å². The van der Waals surface area contributed by atoms with E-state index >= 15 is 0 Å². The topological polar surface area (TPSA) is 90.0 Å². The molecule has 8 heteroatoms. The van der Waals surface area contributed by atoms with Crippen molar-refractivity contribution in [3.8, 4) is 0 Å². The van der Waals surface area contributed by atoms with Gasteiger partial charge in [0.1, 0.15) is 12.4 Å². The molecular weight excluding hydrogens is 407 g/mol.